The van der Waals surface area contributed by atoms with E-state index in [1.807, 2.05) is 4.57 Å². The van der Waals surface area contributed by atoms with Crippen molar-refractivity contribution in [3.63, 3.8) is 0 Å². The molecule has 1 unspecified atom stereocenters. The first-order valence-electron chi connectivity index (χ1n) is 5.10. The molecule has 2 N–H and O–H groups in total. The van der Waals surface area contributed by atoms with Crippen molar-refractivity contribution in [3.8, 4) is 0 Å². The van der Waals surface area contributed by atoms with Gasteiger partial charge in [-0.3, -0.25) is 0 Å². The Hall–Kier alpha value is -0.610. The molecule has 0 saturated carbocycles. The highest BCUT2D eigenvalue weighted by Crippen LogP contribution is 2.17. The molecule has 0 aliphatic carbocycles. The Labute approximate surface area is 89.8 Å². The second kappa shape index (κ2) is 5.32. The standard InChI is InChI=1S/C10H18N2OS/c1-3-4-5-8(2)12-9(7-13)6-11-10(12)14/h6,8,13H,3-5,7H2,1-2H3,(H,11,14). The van der Waals surface area contributed by atoms with Gasteiger partial charge in [-0.05, 0) is 25.6 Å². The second-order valence-electron chi connectivity index (χ2n) is 3.60. The summed E-state index contributed by atoms with van der Waals surface area (Å²) in [4.78, 5) is 2.96. The number of nitrogens with zero attached hydrogens (tertiary/aromatic N) is 1. The van der Waals surface area contributed by atoms with Crippen molar-refractivity contribution in [2.45, 2.75) is 45.8 Å². The van der Waals surface area contributed by atoms with Crippen molar-refractivity contribution in [2.75, 3.05) is 0 Å². The van der Waals surface area contributed by atoms with Crippen LogP contribution in [0, 0.1) is 4.77 Å². The third-order valence-corrected chi connectivity index (χ3v) is 2.78. The Kier molecular flexibility index (Phi) is 4.35. The summed E-state index contributed by atoms with van der Waals surface area (Å²) < 4.78 is 2.71. The fourth-order valence-corrected chi connectivity index (χ4v) is 2.00. The minimum absolute atomic E-state index is 0.0452. The summed E-state index contributed by atoms with van der Waals surface area (Å²) in [6.45, 7) is 4.36. The van der Waals surface area contributed by atoms with Crippen molar-refractivity contribution >= 4 is 12.2 Å². The van der Waals surface area contributed by atoms with Crippen LogP contribution in [0.1, 0.15) is 44.8 Å². The van der Waals surface area contributed by atoms with Gasteiger partial charge in [-0.2, -0.15) is 0 Å². The maximum Gasteiger partial charge on any atom is 0.177 e. The molecule has 3 nitrogen and oxygen atoms in total. The Morgan fingerprint density at radius 3 is 2.93 bits per heavy atom. The van der Waals surface area contributed by atoms with Crippen LogP contribution >= 0.6 is 12.2 Å². The summed E-state index contributed by atoms with van der Waals surface area (Å²) in [6.07, 6.45) is 5.27. The molecule has 4 heteroatoms. The van der Waals surface area contributed by atoms with Gasteiger partial charge >= 0.3 is 0 Å². The molecule has 0 aliphatic heterocycles. The Bertz CT molecular complexity index is 329. The molecule has 1 rings (SSSR count). The van der Waals surface area contributed by atoms with E-state index in [1.165, 1.54) is 12.8 Å². The average Bonchev–Trinajstić information content (AvgIpc) is 2.56. The first kappa shape index (κ1) is 11.5. The van der Waals surface area contributed by atoms with Gasteiger partial charge in [0.25, 0.3) is 0 Å². The number of hydrogen-bond donors (Lipinski definition) is 2. The zero-order valence-corrected chi connectivity index (χ0v) is 9.60. The Balaban J connectivity index is 2.81. The van der Waals surface area contributed by atoms with E-state index in [1.54, 1.807) is 6.20 Å². The minimum Gasteiger partial charge on any atom is -0.390 e. The van der Waals surface area contributed by atoms with Gasteiger partial charge < -0.3 is 14.7 Å². The predicted octanol–water partition coefficient (Wildman–Crippen LogP) is 2.79. The highest BCUT2D eigenvalue weighted by Gasteiger charge is 2.09. The van der Waals surface area contributed by atoms with Crippen molar-refractivity contribution < 1.29 is 5.11 Å². The van der Waals surface area contributed by atoms with Gasteiger partial charge in [0.1, 0.15) is 0 Å². The molecule has 1 heterocycles. The second-order valence-corrected chi connectivity index (χ2v) is 3.99. The summed E-state index contributed by atoms with van der Waals surface area (Å²) >= 11 is 5.16. The molecule has 0 fully saturated rings. The van der Waals surface area contributed by atoms with Gasteiger partial charge in [0.15, 0.2) is 4.77 Å². The van der Waals surface area contributed by atoms with Crippen LogP contribution < -0.4 is 0 Å². The lowest BCUT2D eigenvalue weighted by Gasteiger charge is -2.15. The molecule has 0 spiro atoms. The van der Waals surface area contributed by atoms with Crippen LogP contribution in [0.15, 0.2) is 6.20 Å². The number of rotatable bonds is 5. The summed E-state index contributed by atoms with van der Waals surface area (Å²) in [6, 6.07) is 0.371. The summed E-state index contributed by atoms with van der Waals surface area (Å²) in [5.74, 6) is 0. The van der Waals surface area contributed by atoms with Gasteiger partial charge in [-0.1, -0.05) is 19.8 Å². The Morgan fingerprint density at radius 1 is 1.64 bits per heavy atom. The number of aromatic amines is 1. The van der Waals surface area contributed by atoms with Gasteiger partial charge in [0.2, 0.25) is 0 Å². The predicted molar refractivity (Wildman–Crippen MR) is 59.8 cm³/mol. The highest BCUT2D eigenvalue weighted by molar-refractivity contribution is 7.71. The van der Waals surface area contributed by atoms with Crippen LogP contribution in [0.2, 0.25) is 0 Å². The van der Waals surface area contributed by atoms with Crippen LogP contribution in [0.5, 0.6) is 0 Å². The van der Waals surface area contributed by atoms with E-state index in [0.717, 1.165) is 12.1 Å². The zero-order valence-electron chi connectivity index (χ0n) is 8.79. The van der Waals surface area contributed by atoms with E-state index < -0.39 is 0 Å². The van der Waals surface area contributed by atoms with Gasteiger partial charge in [0.05, 0.1) is 12.3 Å². The normalized spacial score (nSPS) is 13.1. The zero-order chi connectivity index (χ0) is 10.6. The molecule has 0 amide bonds. The van der Waals surface area contributed by atoms with Gasteiger partial charge in [0, 0.05) is 12.2 Å². The number of H-pyrrole nitrogens is 1. The lowest BCUT2D eigenvalue weighted by Crippen LogP contribution is -2.09. The molecular weight excluding hydrogens is 196 g/mol. The van der Waals surface area contributed by atoms with Gasteiger partial charge in [-0.25, -0.2) is 0 Å². The molecule has 0 aliphatic rings. The molecule has 1 atom stereocenters. The van der Waals surface area contributed by atoms with E-state index in [9.17, 15) is 0 Å². The molecule has 80 valence electrons. The molecule has 14 heavy (non-hydrogen) atoms. The first-order valence-corrected chi connectivity index (χ1v) is 5.51. The summed E-state index contributed by atoms with van der Waals surface area (Å²) in [7, 11) is 0. The van der Waals surface area contributed by atoms with Crippen molar-refractivity contribution in [1.29, 1.82) is 0 Å². The van der Waals surface area contributed by atoms with E-state index >= 15 is 0 Å². The van der Waals surface area contributed by atoms with Crippen LogP contribution in [-0.4, -0.2) is 14.7 Å². The van der Waals surface area contributed by atoms with E-state index in [4.69, 9.17) is 17.3 Å². The SMILES string of the molecule is CCCCC(C)n1c(CO)c[nH]c1=S. The number of unbranched alkanes of at least 4 members (excludes halogenated alkanes) is 1. The molecule has 1 aromatic heterocycles. The third-order valence-electron chi connectivity index (χ3n) is 2.47. The molecule has 0 bridgehead atoms. The number of aromatic nitrogens is 2. The third kappa shape index (κ3) is 2.45. The van der Waals surface area contributed by atoms with Crippen molar-refractivity contribution in [3.05, 3.63) is 16.7 Å². The van der Waals surface area contributed by atoms with Crippen molar-refractivity contribution in [2.24, 2.45) is 0 Å². The molecule has 1 aromatic rings. The summed E-state index contributed by atoms with van der Waals surface area (Å²) in [5.41, 5.74) is 0.874. The largest absolute Gasteiger partial charge is 0.390 e. The molecule has 0 aromatic carbocycles. The molecular formula is C10H18N2OS. The summed E-state index contributed by atoms with van der Waals surface area (Å²) in [5, 5.41) is 9.12. The number of imidazole rings is 1. The first-order chi connectivity index (χ1) is 6.70. The van der Waals surface area contributed by atoms with Crippen LogP contribution in [0.4, 0.5) is 0 Å². The fourth-order valence-electron chi connectivity index (χ4n) is 1.65. The number of aliphatic hydroxyl groups is 1. The van der Waals surface area contributed by atoms with Crippen LogP contribution in [-0.2, 0) is 6.61 Å². The highest BCUT2D eigenvalue weighted by atomic mass is 32.1. The van der Waals surface area contributed by atoms with E-state index in [-0.39, 0.29) is 6.61 Å². The van der Waals surface area contributed by atoms with E-state index in [2.05, 4.69) is 18.8 Å². The molecule has 0 saturated heterocycles. The maximum atomic E-state index is 9.12. The topological polar surface area (TPSA) is 41.0 Å². The number of aliphatic hydroxyl groups excluding tert-OH is 1. The maximum absolute atomic E-state index is 9.12. The fraction of sp³-hybridized carbons (Fsp3) is 0.700. The lowest BCUT2D eigenvalue weighted by molar-refractivity contribution is 0.265. The monoisotopic (exact) mass is 214 g/mol. The number of hydrogen-bond acceptors (Lipinski definition) is 2. The number of nitrogens with one attached hydrogen (secondary N) is 1. The van der Waals surface area contributed by atoms with Crippen LogP contribution in [0.25, 0.3) is 0 Å². The van der Waals surface area contributed by atoms with E-state index in [0.29, 0.717) is 10.8 Å². The minimum atomic E-state index is 0.0452. The lowest BCUT2D eigenvalue weighted by atomic mass is 10.1. The smallest absolute Gasteiger partial charge is 0.177 e. The van der Waals surface area contributed by atoms with Crippen LogP contribution in [0.3, 0.4) is 0 Å². The average molecular weight is 214 g/mol. The quantitative estimate of drug-likeness (QED) is 0.740. The molecule has 0 radical (unpaired) electrons. The van der Waals surface area contributed by atoms with Gasteiger partial charge in [-0.15, -0.1) is 0 Å². The Morgan fingerprint density at radius 2 is 2.36 bits per heavy atom. The van der Waals surface area contributed by atoms with Crippen molar-refractivity contribution in [1.82, 2.24) is 9.55 Å².